The highest BCUT2D eigenvalue weighted by molar-refractivity contribution is 8.69. The van der Waals surface area contributed by atoms with Crippen LogP contribution < -0.4 is 0 Å². The van der Waals surface area contributed by atoms with Gasteiger partial charge in [-0.25, -0.2) is 4.21 Å². The summed E-state index contributed by atoms with van der Waals surface area (Å²) in [5.41, 5.74) is 9.17. The highest BCUT2D eigenvalue weighted by atomic mass is 33.1. The molecule has 2 nitrogen and oxygen atoms in total. The Kier molecular flexibility index (Phi) is 15.7. The van der Waals surface area contributed by atoms with Crippen molar-refractivity contribution in [3.63, 3.8) is 0 Å². The molecule has 0 radical (unpaired) electrons. The van der Waals surface area contributed by atoms with Crippen LogP contribution in [0.2, 0.25) is 0 Å². The normalized spacial score (nSPS) is 13.6. The number of benzene rings is 4. The zero-order valence-electron chi connectivity index (χ0n) is 22.8. The average molecular weight is 603 g/mol. The minimum absolute atomic E-state index is 0.0833. The summed E-state index contributed by atoms with van der Waals surface area (Å²) in [6.45, 7) is 12.2. The second-order valence-corrected chi connectivity index (χ2v) is 11.9. The third kappa shape index (κ3) is 10.4. The van der Waals surface area contributed by atoms with E-state index in [1.54, 1.807) is 0 Å². The van der Waals surface area contributed by atoms with Gasteiger partial charge in [-0.1, -0.05) is 159 Å². The van der Waals surface area contributed by atoms with Crippen LogP contribution in [0.1, 0.15) is 36.1 Å². The number of allylic oxidation sites excluding steroid dienone is 2. The van der Waals surface area contributed by atoms with Gasteiger partial charge in [-0.3, -0.25) is 0 Å². The predicted molar refractivity (Wildman–Crippen MR) is 183 cm³/mol. The van der Waals surface area contributed by atoms with Crippen LogP contribution in [-0.4, -0.2) is 19.9 Å². The molecule has 4 aromatic rings. The number of rotatable bonds is 5. The molecular weight excluding hydrogens is 569 g/mol. The fraction of sp³-hybridized carbons (Fsp3) is 0.118. The van der Waals surface area contributed by atoms with E-state index in [1.165, 1.54) is 33.1 Å². The van der Waals surface area contributed by atoms with E-state index < -0.39 is 9.83 Å². The number of hydrogen-bond donors (Lipinski definition) is 0. The molecule has 1 heterocycles. The molecule has 206 valence electrons. The Morgan fingerprint density at radius 1 is 0.675 bits per heavy atom. The summed E-state index contributed by atoms with van der Waals surface area (Å²) in [5.74, 6) is 1.46. The van der Waals surface area contributed by atoms with Gasteiger partial charge in [-0.2, -0.15) is 4.21 Å². The minimum Gasteiger partial charge on any atom is -0.248 e. The lowest BCUT2D eigenvalue weighted by atomic mass is 9.95. The van der Waals surface area contributed by atoms with Crippen molar-refractivity contribution >= 4 is 64.3 Å². The van der Waals surface area contributed by atoms with E-state index in [0.29, 0.717) is 5.75 Å². The smallest absolute Gasteiger partial charge is 0.168 e. The first kappa shape index (κ1) is 33.0. The van der Waals surface area contributed by atoms with Crippen LogP contribution >= 0.6 is 10.8 Å². The van der Waals surface area contributed by atoms with E-state index in [-0.39, 0.29) is 10.2 Å². The summed E-state index contributed by atoms with van der Waals surface area (Å²) in [6, 6.07) is 41.0. The SMILES string of the molecule is C=C(C(=C)c1ccccc1)c1ccccc1.CC.O=S1CC(c2ccccc2)=C(c2ccccc2)CS1.O=S=S. The quantitative estimate of drug-likeness (QED) is 0.169. The monoisotopic (exact) mass is 602 g/mol. The summed E-state index contributed by atoms with van der Waals surface area (Å²) >= 11 is 3.75. The predicted octanol–water partition coefficient (Wildman–Crippen LogP) is 9.11. The van der Waals surface area contributed by atoms with Crippen LogP contribution in [-0.2, 0) is 31.2 Å². The molecule has 0 aromatic heterocycles. The van der Waals surface area contributed by atoms with Crippen molar-refractivity contribution in [1.82, 2.24) is 0 Å². The Morgan fingerprint density at radius 3 is 1.38 bits per heavy atom. The molecule has 0 N–H and O–H groups in total. The van der Waals surface area contributed by atoms with Crippen LogP contribution in [0.3, 0.4) is 0 Å². The molecular formula is C34H34O2S4. The molecule has 1 unspecified atom stereocenters. The van der Waals surface area contributed by atoms with Gasteiger partial charge in [0.25, 0.3) is 0 Å². The van der Waals surface area contributed by atoms with Crippen molar-refractivity contribution in [2.24, 2.45) is 0 Å². The van der Waals surface area contributed by atoms with Crippen LogP contribution in [0.15, 0.2) is 134 Å². The summed E-state index contributed by atoms with van der Waals surface area (Å²) in [4.78, 5) is 0. The van der Waals surface area contributed by atoms with E-state index in [9.17, 15) is 4.21 Å². The molecule has 6 heteroatoms. The lowest BCUT2D eigenvalue weighted by molar-refractivity contribution is 0.693. The largest absolute Gasteiger partial charge is 0.248 e. The minimum atomic E-state index is -0.806. The fourth-order valence-electron chi connectivity index (χ4n) is 3.88. The summed E-state index contributed by atoms with van der Waals surface area (Å²) in [6.07, 6.45) is 0. The molecule has 40 heavy (non-hydrogen) atoms. The molecule has 0 fully saturated rings. The van der Waals surface area contributed by atoms with Crippen molar-refractivity contribution in [2.45, 2.75) is 13.8 Å². The van der Waals surface area contributed by atoms with Crippen LogP contribution in [0.5, 0.6) is 0 Å². The van der Waals surface area contributed by atoms with Gasteiger partial charge < -0.3 is 0 Å². The second-order valence-electron chi connectivity index (χ2n) is 8.16. The van der Waals surface area contributed by atoms with Gasteiger partial charge in [0.1, 0.15) is 0 Å². The average Bonchev–Trinajstić information content (AvgIpc) is 3.04. The van der Waals surface area contributed by atoms with Crippen molar-refractivity contribution in [1.29, 1.82) is 0 Å². The maximum absolute atomic E-state index is 11.9. The Balaban J connectivity index is 0.000000244. The van der Waals surface area contributed by atoms with E-state index in [2.05, 4.69) is 85.0 Å². The molecule has 4 aromatic carbocycles. The van der Waals surface area contributed by atoms with Gasteiger partial charge in [0.05, 0.1) is 15.6 Å². The molecule has 5 rings (SSSR count). The molecule has 0 bridgehead atoms. The van der Waals surface area contributed by atoms with Crippen molar-refractivity contribution < 1.29 is 8.42 Å². The van der Waals surface area contributed by atoms with E-state index in [4.69, 9.17) is 4.21 Å². The molecule has 0 saturated heterocycles. The highest BCUT2D eigenvalue weighted by Gasteiger charge is 2.20. The molecule has 0 saturated carbocycles. The summed E-state index contributed by atoms with van der Waals surface area (Å²) < 4.78 is 20.5. The first-order valence-electron chi connectivity index (χ1n) is 12.8. The van der Waals surface area contributed by atoms with Gasteiger partial charge in [0.2, 0.25) is 0 Å². The molecule has 1 aliphatic heterocycles. The maximum Gasteiger partial charge on any atom is 0.168 e. The van der Waals surface area contributed by atoms with Crippen molar-refractivity contribution in [3.05, 3.63) is 157 Å². The second kappa shape index (κ2) is 19.0. The van der Waals surface area contributed by atoms with Crippen LogP contribution in [0, 0.1) is 0 Å². The van der Waals surface area contributed by atoms with Crippen molar-refractivity contribution in [3.8, 4) is 0 Å². The number of hydrogen-bond acceptors (Lipinski definition) is 4. The third-order valence-corrected chi connectivity index (χ3v) is 8.50. The highest BCUT2D eigenvalue weighted by Crippen LogP contribution is 2.36. The Bertz CT molecular complexity index is 1380. The molecule has 0 aliphatic carbocycles. The third-order valence-electron chi connectivity index (χ3n) is 5.81. The molecule has 1 aliphatic rings. The lowest BCUT2D eigenvalue weighted by Crippen LogP contribution is -2.08. The van der Waals surface area contributed by atoms with Crippen molar-refractivity contribution in [2.75, 3.05) is 11.5 Å². The van der Waals surface area contributed by atoms with Gasteiger partial charge in [0, 0.05) is 16.9 Å². The molecule has 0 spiro atoms. The summed E-state index contributed by atoms with van der Waals surface area (Å²) in [7, 11) is 0.811. The zero-order chi connectivity index (χ0) is 29.2. The van der Waals surface area contributed by atoms with E-state index in [1.807, 2.05) is 74.5 Å². The van der Waals surface area contributed by atoms with Gasteiger partial charge in [-0.05, 0) is 44.5 Å². The Labute approximate surface area is 253 Å². The topological polar surface area (TPSA) is 34.1 Å². The van der Waals surface area contributed by atoms with E-state index in [0.717, 1.165) is 28.0 Å². The van der Waals surface area contributed by atoms with Gasteiger partial charge in [0.15, 0.2) is 10.2 Å². The summed E-state index contributed by atoms with van der Waals surface area (Å²) in [5, 5.41) is 0. The maximum atomic E-state index is 11.9. The van der Waals surface area contributed by atoms with Crippen LogP contribution in [0.25, 0.3) is 22.3 Å². The fourth-order valence-corrected chi connectivity index (χ4v) is 6.48. The zero-order valence-corrected chi connectivity index (χ0v) is 26.1. The Hall–Kier alpha value is -3.16. The van der Waals surface area contributed by atoms with E-state index >= 15 is 0 Å². The molecule has 1 atom stereocenters. The molecule has 0 amide bonds. The van der Waals surface area contributed by atoms with Gasteiger partial charge >= 0.3 is 0 Å². The Morgan fingerprint density at radius 2 is 1.00 bits per heavy atom. The standard InChI is InChI=1S/C16H14OS2.C16H14.C2H6.OS2/c17-19-12-16(14-9-5-2-6-10-14)15(11-18-19)13-7-3-1-4-8-13;1-13(15-9-5-3-6-10-15)14(2)16-11-7-4-8-12-16;1-2;1-3-2/h1-10H,11-12H2;3-12H,1-2H2;1-2H3;. The van der Waals surface area contributed by atoms with Crippen LogP contribution in [0.4, 0.5) is 0 Å². The first-order chi connectivity index (χ1) is 19.5. The first-order valence-corrected chi connectivity index (χ1v) is 17.3. The van der Waals surface area contributed by atoms with Gasteiger partial charge in [-0.15, -0.1) is 0 Å². The lowest BCUT2D eigenvalue weighted by Gasteiger charge is -2.20.